The van der Waals surface area contributed by atoms with E-state index in [1.165, 1.54) is 0 Å². The van der Waals surface area contributed by atoms with Crippen LogP contribution >= 0.6 is 0 Å². The number of hydrogen-bond donors (Lipinski definition) is 0. The Balaban J connectivity index is 1.63. The lowest BCUT2D eigenvalue weighted by Gasteiger charge is -2.15. The minimum atomic E-state index is -0.589. The van der Waals surface area contributed by atoms with Crippen molar-refractivity contribution < 1.29 is 19.5 Å². The monoisotopic (exact) mass is 531 g/mol. The van der Waals surface area contributed by atoms with Crippen LogP contribution in [-0.4, -0.2) is 0 Å². The highest BCUT2D eigenvalue weighted by Gasteiger charge is 2.21. The number of fused-ring (bicyclic) bond motifs is 9. The van der Waals surface area contributed by atoms with Crippen LogP contribution in [0.2, 0.25) is 0 Å². The third-order valence-electron chi connectivity index (χ3n) is 7.78. The van der Waals surface area contributed by atoms with Crippen LogP contribution < -0.4 is 0 Å². The second-order valence-electron chi connectivity index (χ2n) is 10.00. The van der Waals surface area contributed by atoms with Crippen molar-refractivity contribution >= 4 is 65.0 Å². The van der Waals surface area contributed by atoms with Crippen molar-refractivity contribution in [3.05, 3.63) is 145 Å². The minimum absolute atomic E-state index is 0.0334. The second kappa shape index (κ2) is 8.55. The lowest BCUT2D eigenvalue weighted by molar-refractivity contribution is 0.673. The van der Waals surface area contributed by atoms with E-state index >= 15 is 0 Å². The van der Waals surface area contributed by atoms with Gasteiger partial charge in [-0.3, -0.25) is 0 Å². The van der Waals surface area contributed by atoms with Gasteiger partial charge in [0.2, 0.25) is 0 Å². The van der Waals surface area contributed by atoms with Gasteiger partial charge in [-0.2, -0.15) is 0 Å². The molecule has 8 aromatic carbocycles. The van der Waals surface area contributed by atoms with Gasteiger partial charge in [0.15, 0.2) is 0 Å². The van der Waals surface area contributed by atoms with Crippen molar-refractivity contribution in [1.82, 2.24) is 0 Å². The molecule has 190 valence electrons. The maximum Gasteiger partial charge on any atom is 0.143 e. The van der Waals surface area contributed by atoms with Crippen LogP contribution in [0.5, 0.6) is 0 Å². The van der Waals surface area contributed by atoms with Crippen LogP contribution in [0.3, 0.4) is 0 Å². The maximum absolute atomic E-state index is 9.47. The van der Waals surface area contributed by atoms with Gasteiger partial charge in [0.05, 0.1) is 15.1 Å². The average molecular weight is 532 g/mol. The lowest BCUT2D eigenvalue weighted by atomic mass is 9.87. The van der Waals surface area contributed by atoms with Crippen LogP contribution in [0.25, 0.3) is 87.3 Å². The molecule has 0 fully saturated rings. The molecule has 1 aromatic heterocycles. The topological polar surface area (TPSA) is 13.1 Å². The van der Waals surface area contributed by atoms with E-state index in [0.29, 0.717) is 27.5 Å². The predicted octanol–water partition coefficient (Wildman–Crippen LogP) is 11.5. The molecule has 0 spiro atoms. The van der Waals surface area contributed by atoms with E-state index in [1.807, 2.05) is 54.6 Å². The molecule has 1 nitrogen and oxygen atoms in total. The van der Waals surface area contributed by atoms with Crippen molar-refractivity contribution in [2.24, 2.45) is 0 Å². The van der Waals surface area contributed by atoms with Gasteiger partial charge in [-0.05, 0) is 78.1 Å². The Hall–Kier alpha value is -5.40. The van der Waals surface area contributed by atoms with Crippen LogP contribution in [0.1, 0.15) is 15.1 Å². The molecule has 0 unspecified atom stereocenters. The van der Waals surface area contributed by atoms with E-state index in [1.54, 1.807) is 18.2 Å². The first-order chi connectivity index (χ1) is 24.9. The van der Waals surface area contributed by atoms with Crippen LogP contribution in [0.15, 0.2) is 150 Å². The van der Waals surface area contributed by atoms with Gasteiger partial charge in [0.1, 0.15) is 11.2 Å². The third-order valence-corrected chi connectivity index (χ3v) is 7.78. The largest absolute Gasteiger partial charge is 0.455 e. The summed E-state index contributed by atoms with van der Waals surface area (Å²) in [6.45, 7) is 0. The van der Waals surface area contributed by atoms with Crippen LogP contribution in [-0.2, 0) is 0 Å². The molecule has 0 aliphatic carbocycles. The number of furan rings is 1. The maximum atomic E-state index is 9.47. The summed E-state index contributed by atoms with van der Waals surface area (Å²) in [6.07, 6.45) is 0. The lowest BCUT2D eigenvalue weighted by Crippen LogP contribution is -1.89. The van der Waals surface area contributed by atoms with E-state index in [4.69, 9.17) is 15.4 Å². The summed E-state index contributed by atoms with van der Waals surface area (Å²) in [7, 11) is 0. The molecule has 0 atom stereocenters. The second-order valence-corrected chi connectivity index (χ2v) is 10.00. The Morgan fingerprint density at radius 3 is 2.17 bits per heavy atom. The van der Waals surface area contributed by atoms with Crippen molar-refractivity contribution in [1.29, 1.82) is 0 Å². The van der Waals surface area contributed by atoms with Gasteiger partial charge in [-0.1, -0.05) is 127 Å². The van der Waals surface area contributed by atoms with Crippen LogP contribution in [0.4, 0.5) is 0 Å². The first kappa shape index (κ1) is 14.3. The first-order valence-electron chi connectivity index (χ1n) is 18.7. The molecule has 0 saturated carbocycles. The van der Waals surface area contributed by atoms with Gasteiger partial charge < -0.3 is 4.42 Å². The molecule has 0 radical (unpaired) electrons. The SMILES string of the molecule is [2H]c1c([2H])c([2H])c2c([2H])c3c(c([2H])c([2H])c4c([2H])c([2H])c([2H])c([2H])c43)c(-c3cccc4oc5c6ccccc6cc(-c6ccccc6)c5c34)c2c1[2H]. The molecule has 9 aromatic rings. The number of benzene rings is 8. The Morgan fingerprint density at radius 1 is 0.488 bits per heavy atom. The number of hydrogen-bond acceptors (Lipinski definition) is 1. The Kier molecular flexibility index (Phi) is 2.98. The molecule has 0 aliphatic rings. The Bertz CT molecular complexity index is 3080. The zero-order valence-electron chi connectivity index (χ0n) is 32.4. The molecule has 1 heteroatoms. The van der Waals surface area contributed by atoms with E-state index in [2.05, 4.69) is 6.07 Å². The zero-order chi connectivity index (χ0) is 36.5. The summed E-state index contributed by atoms with van der Waals surface area (Å²) in [5, 5.41) is 2.32. The fourth-order valence-corrected chi connectivity index (χ4v) is 6.04. The number of rotatable bonds is 2. The van der Waals surface area contributed by atoms with Crippen molar-refractivity contribution in [2.75, 3.05) is 0 Å². The van der Waals surface area contributed by atoms with E-state index in [9.17, 15) is 4.11 Å². The van der Waals surface area contributed by atoms with E-state index in [0.717, 1.165) is 21.9 Å². The molecule has 0 aliphatic heterocycles. The summed E-state index contributed by atoms with van der Waals surface area (Å²) < 4.78 is 105. The fraction of sp³-hybridized carbons (Fsp3) is 0. The molecule has 0 bridgehead atoms. The Morgan fingerprint density at radius 2 is 1.27 bits per heavy atom. The van der Waals surface area contributed by atoms with Crippen LogP contribution in [0, 0.1) is 0 Å². The van der Waals surface area contributed by atoms with E-state index in [-0.39, 0.29) is 37.9 Å². The van der Waals surface area contributed by atoms with Crippen molar-refractivity contribution in [3.63, 3.8) is 0 Å². The molecule has 0 amide bonds. The molecule has 41 heavy (non-hydrogen) atoms. The highest BCUT2D eigenvalue weighted by molar-refractivity contribution is 6.28. The zero-order valence-corrected chi connectivity index (χ0v) is 21.4. The van der Waals surface area contributed by atoms with Gasteiger partial charge >= 0.3 is 0 Å². The Labute approximate surface area is 252 Å². The standard InChI is InChI=1S/C40H24O/c1-2-11-25(12-3-1)34-23-28-15-6-9-18-31(28)40-39(34)38-33(19-10-20-36(38)41-40)37-30-17-8-5-14-27(30)24-35-29-16-7-4-13-26(29)21-22-32(35)37/h1-24H/i4D,5D,7D,8D,13D,14D,16D,17D,21D,22D,24D. The predicted molar refractivity (Wildman–Crippen MR) is 175 cm³/mol. The van der Waals surface area contributed by atoms with Gasteiger partial charge in [-0.15, -0.1) is 0 Å². The minimum Gasteiger partial charge on any atom is -0.455 e. The average Bonchev–Trinajstić information content (AvgIpc) is 3.56. The summed E-state index contributed by atoms with van der Waals surface area (Å²) >= 11 is 0. The third kappa shape index (κ3) is 3.24. The molecule has 1 heterocycles. The summed E-state index contributed by atoms with van der Waals surface area (Å²) in [6, 6.07) is 19.3. The van der Waals surface area contributed by atoms with E-state index < -0.39 is 66.5 Å². The molecule has 9 rings (SSSR count). The van der Waals surface area contributed by atoms with Crippen molar-refractivity contribution in [2.45, 2.75) is 0 Å². The summed E-state index contributed by atoms with van der Waals surface area (Å²) in [5.74, 6) is 0. The quantitative estimate of drug-likeness (QED) is 0.160. The summed E-state index contributed by atoms with van der Waals surface area (Å²) in [4.78, 5) is 0. The summed E-state index contributed by atoms with van der Waals surface area (Å²) in [5.41, 5.74) is 3.32. The molecule has 0 saturated heterocycles. The molecular formula is C40H24O. The van der Waals surface area contributed by atoms with Gasteiger partial charge in [0, 0.05) is 16.2 Å². The highest BCUT2D eigenvalue weighted by atomic mass is 16.3. The normalized spacial score (nSPS) is 15.7. The highest BCUT2D eigenvalue weighted by Crippen LogP contribution is 2.47. The first-order valence-corrected chi connectivity index (χ1v) is 13.2. The van der Waals surface area contributed by atoms with Crippen molar-refractivity contribution in [3.8, 4) is 22.3 Å². The smallest absolute Gasteiger partial charge is 0.143 e. The molecule has 0 N–H and O–H groups in total. The molecular weight excluding hydrogens is 496 g/mol. The van der Waals surface area contributed by atoms with Gasteiger partial charge in [-0.25, -0.2) is 0 Å². The fourth-order valence-electron chi connectivity index (χ4n) is 6.04. The van der Waals surface area contributed by atoms with Gasteiger partial charge in [0.25, 0.3) is 0 Å².